The van der Waals surface area contributed by atoms with Gasteiger partial charge in [0.1, 0.15) is 5.75 Å². The molecule has 1 aliphatic carbocycles. The molecule has 1 atom stereocenters. The van der Waals surface area contributed by atoms with Crippen LogP contribution in [0.15, 0.2) is 18.5 Å². The van der Waals surface area contributed by atoms with Crippen molar-refractivity contribution < 1.29 is 9.90 Å². The van der Waals surface area contributed by atoms with Crippen LogP contribution < -0.4 is 5.32 Å². The third kappa shape index (κ3) is 2.98. The van der Waals surface area contributed by atoms with Crippen molar-refractivity contribution in [2.45, 2.75) is 31.8 Å². The summed E-state index contributed by atoms with van der Waals surface area (Å²) in [7, 11) is 2.08. The summed E-state index contributed by atoms with van der Waals surface area (Å²) in [6, 6.07) is 2.48. The largest absolute Gasteiger partial charge is 0.505 e. The van der Waals surface area contributed by atoms with Crippen LogP contribution in [0.2, 0.25) is 0 Å². The lowest BCUT2D eigenvalue weighted by atomic mass is 10.2. The van der Waals surface area contributed by atoms with E-state index in [2.05, 4.69) is 29.2 Å². The molecule has 5 nitrogen and oxygen atoms in total. The van der Waals surface area contributed by atoms with Gasteiger partial charge in [-0.1, -0.05) is 0 Å². The molecular formula is C13H19N3O2. The lowest BCUT2D eigenvalue weighted by molar-refractivity contribution is 0.0936. The van der Waals surface area contributed by atoms with Crippen LogP contribution in [-0.4, -0.2) is 46.6 Å². The van der Waals surface area contributed by atoms with E-state index in [9.17, 15) is 9.90 Å². The van der Waals surface area contributed by atoms with Crippen molar-refractivity contribution in [1.82, 2.24) is 15.2 Å². The molecule has 1 saturated carbocycles. The number of aromatic hydroxyl groups is 1. The Hall–Kier alpha value is -1.62. The summed E-state index contributed by atoms with van der Waals surface area (Å²) < 4.78 is 0. The Morgan fingerprint density at radius 1 is 1.67 bits per heavy atom. The second-order valence-electron chi connectivity index (χ2n) is 4.85. The molecule has 1 fully saturated rings. The van der Waals surface area contributed by atoms with E-state index in [1.54, 1.807) is 0 Å². The number of hydrogen-bond acceptors (Lipinski definition) is 4. The maximum Gasteiger partial charge on any atom is 0.255 e. The summed E-state index contributed by atoms with van der Waals surface area (Å²) >= 11 is 0. The van der Waals surface area contributed by atoms with Crippen LogP contribution in [0.25, 0.3) is 0 Å². The zero-order valence-corrected chi connectivity index (χ0v) is 10.8. The highest BCUT2D eigenvalue weighted by Crippen LogP contribution is 2.26. The van der Waals surface area contributed by atoms with Gasteiger partial charge in [-0.05, 0) is 32.9 Å². The van der Waals surface area contributed by atoms with Crippen molar-refractivity contribution in [2.24, 2.45) is 0 Å². The van der Waals surface area contributed by atoms with Crippen molar-refractivity contribution in [3.63, 3.8) is 0 Å². The van der Waals surface area contributed by atoms with E-state index >= 15 is 0 Å². The van der Waals surface area contributed by atoms with Gasteiger partial charge in [-0.25, -0.2) is 0 Å². The van der Waals surface area contributed by atoms with Crippen molar-refractivity contribution in [3.05, 3.63) is 24.0 Å². The van der Waals surface area contributed by atoms with Crippen molar-refractivity contribution in [1.29, 1.82) is 0 Å². The van der Waals surface area contributed by atoms with Crippen LogP contribution in [0.1, 0.15) is 30.1 Å². The van der Waals surface area contributed by atoms with E-state index in [0.29, 0.717) is 18.6 Å². The summed E-state index contributed by atoms with van der Waals surface area (Å²) in [6.07, 6.45) is 5.27. The summed E-state index contributed by atoms with van der Waals surface area (Å²) in [6.45, 7) is 2.67. The third-order valence-electron chi connectivity index (χ3n) is 3.42. The molecule has 0 aromatic carbocycles. The second-order valence-corrected chi connectivity index (χ2v) is 4.85. The van der Waals surface area contributed by atoms with Gasteiger partial charge in [-0.3, -0.25) is 14.7 Å². The number of carbonyl (C=O) groups is 1. The Labute approximate surface area is 107 Å². The quantitative estimate of drug-likeness (QED) is 0.817. The van der Waals surface area contributed by atoms with Gasteiger partial charge in [-0.2, -0.15) is 0 Å². The first-order valence-electron chi connectivity index (χ1n) is 6.22. The Balaban J connectivity index is 1.86. The van der Waals surface area contributed by atoms with E-state index in [0.717, 1.165) is 0 Å². The maximum absolute atomic E-state index is 11.9. The molecule has 0 radical (unpaired) electrons. The fourth-order valence-electron chi connectivity index (χ4n) is 1.90. The first kappa shape index (κ1) is 12.8. The minimum absolute atomic E-state index is 0.0850. The van der Waals surface area contributed by atoms with Gasteiger partial charge in [0.25, 0.3) is 5.91 Å². The van der Waals surface area contributed by atoms with Gasteiger partial charge >= 0.3 is 0 Å². The molecule has 5 heteroatoms. The van der Waals surface area contributed by atoms with Gasteiger partial charge in [0.05, 0.1) is 11.8 Å². The van der Waals surface area contributed by atoms with Gasteiger partial charge in [0.15, 0.2) is 0 Å². The minimum atomic E-state index is -0.258. The number of carbonyl (C=O) groups excluding carboxylic acids is 1. The molecule has 1 aliphatic rings. The smallest absolute Gasteiger partial charge is 0.255 e. The average molecular weight is 249 g/mol. The van der Waals surface area contributed by atoms with Gasteiger partial charge in [0.2, 0.25) is 0 Å². The van der Waals surface area contributed by atoms with Crippen LogP contribution in [0.5, 0.6) is 5.75 Å². The highest BCUT2D eigenvalue weighted by molar-refractivity contribution is 5.96. The van der Waals surface area contributed by atoms with E-state index in [1.807, 2.05) is 0 Å². The molecular weight excluding hydrogens is 230 g/mol. The number of amides is 1. The molecule has 2 N–H and O–H groups in total. The summed E-state index contributed by atoms with van der Waals surface area (Å²) in [5.41, 5.74) is 0.270. The molecule has 1 unspecified atom stereocenters. The molecule has 1 amide bonds. The lowest BCUT2D eigenvalue weighted by Crippen LogP contribution is -2.41. The number of nitrogens with zero attached hydrogens (tertiary/aromatic N) is 2. The third-order valence-corrected chi connectivity index (χ3v) is 3.42. The molecule has 18 heavy (non-hydrogen) atoms. The highest BCUT2D eigenvalue weighted by Gasteiger charge is 2.29. The van der Waals surface area contributed by atoms with E-state index in [4.69, 9.17) is 0 Å². The zero-order chi connectivity index (χ0) is 13.1. The van der Waals surface area contributed by atoms with E-state index < -0.39 is 0 Å². The Kier molecular flexibility index (Phi) is 3.81. The summed E-state index contributed by atoms with van der Waals surface area (Å²) in [5.74, 6) is -0.343. The summed E-state index contributed by atoms with van der Waals surface area (Å²) in [4.78, 5) is 17.9. The number of hydrogen-bond donors (Lipinski definition) is 2. The predicted molar refractivity (Wildman–Crippen MR) is 68.5 cm³/mol. The van der Waals surface area contributed by atoms with Crippen LogP contribution in [0.3, 0.4) is 0 Å². The van der Waals surface area contributed by atoms with Crippen molar-refractivity contribution in [3.8, 4) is 5.75 Å². The minimum Gasteiger partial charge on any atom is -0.505 e. The highest BCUT2D eigenvalue weighted by atomic mass is 16.3. The van der Waals surface area contributed by atoms with E-state index in [1.165, 1.54) is 31.3 Å². The van der Waals surface area contributed by atoms with E-state index in [-0.39, 0.29) is 17.2 Å². The number of rotatable bonds is 5. The average Bonchev–Trinajstić information content (AvgIpc) is 3.19. The lowest BCUT2D eigenvalue weighted by Gasteiger charge is -2.24. The van der Waals surface area contributed by atoms with Gasteiger partial charge < -0.3 is 10.4 Å². The topological polar surface area (TPSA) is 65.5 Å². The standard InChI is InChI=1S/C13H19N3O2/c1-9(16(2)10-3-4-10)7-15-13(18)11-5-6-14-8-12(11)17/h5-6,8-10,17H,3-4,7H2,1-2H3,(H,15,18). The Bertz CT molecular complexity index is 432. The maximum atomic E-state index is 11.9. The molecule has 0 aliphatic heterocycles. The molecule has 1 aromatic rings. The Morgan fingerprint density at radius 2 is 2.39 bits per heavy atom. The van der Waals surface area contributed by atoms with Gasteiger partial charge in [-0.15, -0.1) is 0 Å². The molecule has 1 heterocycles. The van der Waals surface area contributed by atoms with Crippen LogP contribution in [0, 0.1) is 0 Å². The van der Waals surface area contributed by atoms with Crippen molar-refractivity contribution in [2.75, 3.05) is 13.6 Å². The molecule has 0 bridgehead atoms. The Morgan fingerprint density at radius 3 is 3.00 bits per heavy atom. The fraction of sp³-hybridized carbons (Fsp3) is 0.538. The monoisotopic (exact) mass is 249 g/mol. The summed E-state index contributed by atoms with van der Waals surface area (Å²) in [5, 5.41) is 12.4. The van der Waals surface area contributed by atoms with Crippen molar-refractivity contribution >= 4 is 5.91 Å². The van der Waals surface area contributed by atoms with Gasteiger partial charge in [0, 0.05) is 24.8 Å². The normalized spacial score (nSPS) is 16.6. The second kappa shape index (κ2) is 5.35. The first-order chi connectivity index (χ1) is 8.59. The number of likely N-dealkylation sites (N-methyl/N-ethyl adjacent to an activating group) is 1. The number of nitrogens with one attached hydrogen (secondary N) is 1. The SMILES string of the molecule is CC(CNC(=O)c1ccncc1O)N(C)C1CC1. The molecule has 0 spiro atoms. The molecule has 2 rings (SSSR count). The first-order valence-corrected chi connectivity index (χ1v) is 6.22. The number of pyridine rings is 1. The predicted octanol–water partition coefficient (Wildman–Crippen LogP) is 1.000. The van der Waals surface area contributed by atoms with Crippen LogP contribution in [0.4, 0.5) is 0 Å². The number of aromatic nitrogens is 1. The molecule has 0 saturated heterocycles. The van der Waals surface area contributed by atoms with Crippen LogP contribution in [-0.2, 0) is 0 Å². The zero-order valence-electron chi connectivity index (χ0n) is 10.8. The molecule has 1 aromatic heterocycles. The molecule has 98 valence electrons. The van der Waals surface area contributed by atoms with Crippen LogP contribution >= 0.6 is 0 Å². The fourth-order valence-corrected chi connectivity index (χ4v) is 1.90.